The Morgan fingerprint density at radius 3 is 2.65 bits per heavy atom. The van der Waals surface area contributed by atoms with Crippen LogP contribution in [0.3, 0.4) is 0 Å². The first-order valence-corrected chi connectivity index (χ1v) is 5.49. The van der Waals surface area contributed by atoms with Gasteiger partial charge in [-0.05, 0) is 16.8 Å². The van der Waals surface area contributed by atoms with Crippen LogP contribution in [0.2, 0.25) is 0 Å². The summed E-state index contributed by atoms with van der Waals surface area (Å²) in [6, 6.07) is 15.0. The lowest BCUT2D eigenvalue weighted by molar-refractivity contribution is 0.590. The molecule has 0 bridgehead atoms. The largest absolute Gasteiger partial charge is 0.424 e. The van der Waals surface area contributed by atoms with Gasteiger partial charge in [0.15, 0.2) is 5.76 Å². The third-order valence-electron chi connectivity index (χ3n) is 2.75. The molecular formula is C14H12N2O. The molecule has 0 radical (unpaired) electrons. The maximum absolute atomic E-state index is 5.55. The summed E-state index contributed by atoms with van der Waals surface area (Å²) >= 11 is 0. The molecule has 0 atom stereocenters. The third kappa shape index (κ3) is 1.76. The smallest absolute Gasteiger partial charge is 0.294 e. The molecule has 0 saturated carbocycles. The van der Waals surface area contributed by atoms with Crippen LogP contribution in [-0.4, -0.2) is 12.0 Å². The summed E-state index contributed by atoms with van der Waals surface area (Å²) in [5.74, 6) is 0.778. The molecule has 0 aliphatic rings. The SMILES string of the molecule is CNc1ncc(-c2ccc3ccccc3c2)o1. The Morgan fingerprint density at radius 1 is 1.06 bits per heavy atom. The fourth-order valence-electron chi connectivity index (χ4n) is 1.87. The second-order valence-electron chi connectivity index (χ2n) is 3.84. The van der Waals surface area contributed by atoms with Gasteiger partial charge in [0, 0.05) is 12.6 Å². The molecule has 0 saturated heterocycles. The predicted molar refractivity (Wildman–Crippen MR) is 69.0 cm³/mol. The minimum absolute atomic E-state index is 0.535. The average molecular weight is 224 g/mol. The predicted octanol–water partition coefficient (Wildman–Crippen LogP) is 3.54. The van der Waals surface area contributed by atoms with Crippen LogP contribution < -0.4 is 5.32 Å². The van der Waals surface area contributed by atoms with Crippen molar-refractivity contribution < 1.29 is 4.42 Å². The molecule has 3 heteroatoms. The normalized spacial score (nSPS) is 10.6. The highest BCUT2D eigenvalue weighted by atomic mass is 16.4. The van der Waals surface area contributed by atoms with Gasteiger partial charge in [0.05, 0.1) is 6.20 Å². The van der Waals surface area contributed by atoms with Gasteiger partial charge in [-0.25, -0.2) is 4.98 Å². The fraction of sp³-hybridized carbons (Fsp3) is 0.0714. The lowest BCUT2D eigenvalue weighted by atomic mass is 10.1. The van der Waals surface area contributed by atoms with E-state index < -0.39 is 0 Å². The Morgan fingerprint density at radius 2 is 1.88 bits per heavy atom. The van der Waals surface area contributed by atoms with Crippen molar-refractivity contribution in [2.45, 2.75) is 0 Å². The van der Waals surface area contributed by atoms with E-state index in [4.69, 9.17) is 4.42 Å². The molecule has 0 aliphatic heterocycles. The number of oxazole rings is 1. The molecule has 1 heterocycles. The van der Waals surface area contributed by atoms with E-state index in [9.17, 15) is 0 Å². The van der Waals surface area contributed by atoms with Crippen molar-refractivity contribution in [2.24, 2.45) is 0 Å². The van der Waals surface area contributed by atoms with E-state index in [1.54, 1.807) is 13.2 Å². The van der Waals surface area contributed by atoms with Crippen LogP contribution in [0, 0.1) is 0 Å². The Hall–Kier alpha value is -2.29. The van der Waals surface area contributed by atoms with E-state index in [0.717, 1.165) is 11.3 Å². The molecule has 3 rings (SSSR count). The van der Waals surface area contributed by atoms with Crippen LogP contribution in [0.4, 0.5) is 6.01 Å². The van der Waals surface area contributed by atoms with Gasteiger partial charge in [0.1, 0.15) is 0 Å². The first-order valence-electron chi connectivity index (χ1n) is 5.49. The maximum Gasteiger partial charge on any atom is 0.294 e. The fourth-order valence-corrected chi connectivity index (χ4v) is 1.87. The molecular weight excluding hydrogens is 212 g/mol. The molecule has 0 aliphatic carbocycles. The van der Waals surface area contributed by atoms with Crippen LogP contribution in [-0.2, 0) is 0 Å². The van der Waals surface area contributed by atoms with E-state index in [2.05, 4.69) is 34.6 Å². The first kappa shape index (κ1) is 9.90. The number of anilines is 1. The molecule has 2 aromatic carbocycles. The molecule has 17 heavy (non-hydrogen) atoms. The summed E-state index contributed by atoms with van der Waals surface area (Å²) in [6.07, 6.45) is 1.73. The van der Waals surface area contributed by atoms with Crippen LogP contribution in [0.25, 0.3) is 22.1 Å². The van der Waals surface area contributed by atoms with Gasteiger partial charge < -0.3 is 9.73 Å². The third-order valence-corrected chi connectivity index (χ3v) is 2.75. The van der Waals surface area contributed by atoms with Gasteiger partial charge >= 0.3 is 0 Å². The quantitative estimate of drug-likeness (QED) is 0.723. The summed E-state index contributed by atoms with van der Waals surface area (Å²) in [6.45, 7) is 0. The maximum atomic E-state index is 5.55. The van der Waals surface area contributed by atoms with Crippen LogP contribution in [0.15, 0.2) is 53.1 Å². The second-order valence-corrected chi connectivity index (χ2v) is 3.84. The average Bonchev–Trinajstić information content (AvgIpc) is 2.87. The molecule has 3 aromatic rings. The molecule has 0 unspecified atom stereocenters. The van der Waals surface area contributed by atoms with Gasteiger partial charge in [0.25, 0.3) is 6.01 Å². The van der Waals surface area contributed by atoms with Crippen molar-refractivity contribution in [1.29, 1.82) is 0 Å². The van der Waals surface area contributed by atoms with Crippen molar-refractivity contribution >= 4 is 16.8 Å². The zero-order valence-electron chi connectivity index (χ0n) is 9.47. The van der Waals surface area contributed by atoms with Crippen molar-refractivity contribution in [2.75, 3.05) is 12.4 Å². The Kier molecular flexibility index (Phi) is 2.29. The number of benzene rings is 2. The van der Waals surface area contributed by atoms with E-state index in [0.29, 0.717) is 6.01 Å². The van der Waals surface area contributed by atoms with E-state index in [1.165, 1.54) is 10.8 Å². The lowest BCUT2D eigenvalue weighted by Crippen LogP contribution is -1.85. The Bertz CT molecular complexity index is 658. The molecule has 3 nitrogen and oxygen atoms in total. The number of hydrogen-bond acceptors (Lipinski definition) is 3. The summed E-state index contributed by atoms with van der Waals surface area (Å²) in [5.41, 5.74) is 1.04. The standard InChI is InChI=1S/C14H12N2O/c1-15-14-16-9-13(17-14)12-7-6-10-4-2-3-5-11(10)8-12/h2-9H,1H3,(H,15,16). The number of fused-ring (bicyclic) bond motifs is 1. The zero-order chi connectivity index (χ0) is 11.7. The van der Waals surface area contributed by atoms with Crippen LogP contribution >= 0.6 is 0 Å². The molecule has 0 amide bonds. The lowest BCUT2D eigenvalue weighted by Gasteiger charge is -2.00. The first-order chi connectivity index (χ1) is 8.36. The van der Waals surface area contributed by atoms with Gasteiger partial charge in [-0.2, -0.15) is 0 Å². The Balaban J connectivity index is 2.11. The van der Waals surface area contributed by atoms with Gasteiger partial charge in [-0.3, -0.25) is 0 Å². The number of nitrogens with zero attached hydrogens (tertiary/aromatic N) is 1. The van der Waals surface area contributed by atoms with Gasteiger partial charge in [-0.1, -0.05) is 36.4 Å². The summed E-state index contributed by atoms with van der Waals surface area (Å²) in [4.78, 5) is 4.11. The van der Waals surface area contributed by atoms with Crippen molar-refractivity contribution in [3.8, 4) is 11.3 Å². The number of aromatic nitrogens is 1. The molecule has 84 valence electrons. The minimum atomic E-state index is 0.535. The van der Waals surface area contributed by atoms with Crippen LogP contribution in [0.1, 0.15) is 0 Å². The number of rotatable bonds is 2. The minimum Gasteiger partial charge on any atom is -0.424 e. The van der Waals surface area contributed by atoms with E-state index in [1.807, 2.05) is 18.2 Å². The van der Waals surface area contributed by atoms with E-state index in [-0.39, 0.29) is 0 Å². The molecule has 0 fully saturated rings. The van der Waals surface area contributed by atoms with Crippen molar-refractivity contribution in [1.82, 2.24) is 4.98 Å². The van der Waals surface area contributed by atoms with Crippen LogP contribution in [0.5, 0.6) is 0 Å². The van der Waals surface area contributed by atoms with E-state index >= 15 is 0 Å². The summed E-state index contributed by atoms with van der Waals surface area (Å²) in [5, 5.41) is 5.30. The topological polar surface area (TPSA) is 38.1 Å². The molecule has 1 N–H and O–H groups in total. The van der Waals surface area contributed by atoms with Crippen molar-refractivity contribution in [3.63, 3.8) is 0 Å². The summed E-state index contributed by atoms with van der Waals surface area (Å²) < 4.78 is 5.55. The highest BCUT2D eigenvalue weighted by Gasteiger charge is 2.05. The highest BCUT2D eigenvalue weighted by molar-refractivity contribution is 5.86. The molecule has 0 spiro atoms. The van der Waals surface area contributed by atoms with Gasteiger partial charge in [-0.15, -0.1) is 0 Å². The molecule has 1 aromatic heterocycles. The highest BCUT2D eigenvalue weighted by Crippen LogP contribution is 2.25. The van der Waals surface area contributed by atoms with Crippen molar-refractivity contribution in [3.05, 3.63) is 48.7 Å². The zero-order valence-corrected chi connectivity index (χ0v) is 9.47. The summed E-state index contributed by atoms with van der Waals surface area (Å²) in [7, 11) is 1.79. The number of nitrogens with one attached hydrogen (secondary N) is 1. The second kappa shape index (κ2) is 3.94. The van der Waals surface area contributed by atoms with Gasteiger partial charge in [0.2, 0.25) is 0 Å². The monoisotopic (exact) mass is 224 g/mol. The number of hydrogen-bond donors (Lipinski definition) is 1. The Labute approximate surface area is 99.1 Å².